The van der Waals surface area contributed by atoms with E-state index in [0.717, 1.165) is 29.8 Å². The molecular formula is C15H17ClN4O. The highest BCUT2D eigenvalue weighted by Crippen LogP contribution is 2.12. The molecule has 2 heterocycles. The van der Waals surface area contributed by atoms with Gasteiger partial charge in [0.15, 0.2) is 0 Å². The maximum Gasteiger partial charge on any atom is 0.317 e. The number of rotatable bonds is 2. The molecule has 0 bridgehead atoms. The number of hydrogen-bond donors (Lipinski definition) is 2. The van der Waals surface area contributed by atoms with Crippen molar-refractivity contribution < 1.29 is 4.79 Å². The standard InChI is InChI=1S/C15H17ClN4O/c16-12-3-1-11(2-4-12)9-17-15(21)20-7-5-13-14(6-8-20)19-10-18-13/h1-4,10H,5-9H2,(H,17,21)(H,18,19). The van der Waals surface area contributed by atoms with Crippen molar-refractivity contribution in [2.24, 2.45) is 0 Å². The van der Waals surface area contributed by atoms with E-state index in [1.807, 2.05) is 29.2 Å². The third-order valence-electron chi connectivity index (χ3n) is 3.70. The van der Waals surface area contributed by atoms with Gasteiger partial charge in [0.05, 0.1) is 12.0 Å². The van der Waals surface area contributed by atoms with Gasteiger partial charge in [-0.25, -0.2) is 9.78 Å². The molecule has 5 nitrogen and oxygen atoms in total. The highest BCUT2D eigenvalue weighted by molar-refractivity contribution is 6.30. The molecule has 0 saturated carbocycles. The Hall–Kier alpha value is -2.01. The number of H-pyrrole nitrogens is 1. The SMILES string of the molecule is O=C(NCc1ccc(Cl)cc1)N1CCc2nc[nH]c2CC1. The second kappa shape index (κ2) is 6.18. The lowest BCUT2D eigenvalue weighted by molar-refractivity contribution is 0.199. The monoisotopic (exact) mass is 304 g/mol. The quantitative estimate of drug-likeness (QED) is 0.895. The topological polar surface area (TPSA) is 61.0 Å². The zero-order chi connectivity index (χ0) is 14.7. The molecule has 1 aliphatic rings. The van der Waals surface area contributed by atoms with Crippen LogP contribution in [-0.4, -0.2) is 34.0 Å². The normalized spacial score (nSPS) is 14.4. The van der Waals surface area contributed by atoms with Gasteiger partial charge in [-0.2, -0.15) is 0 Å². The van der Waals surface area contributed by atoms with E-state index in [2.05, 4.69) is 15.3 Å². The van der Waals surface area contributed by atoms with Crippen molar-refractivity contribution in [1.29, 1.82) is 0 Å². The summed E-state index contributed by atoms with van der Waals surface area (Å²) < 4.78 is 0. The van der Waals surface area contributed by atoms with Gasteiger partial charge in [0.2, 0.25) is 0 Å². The molecule has 1 aromatic carbocycles. The fraction of sp³-hybridized carbons (Fsp3) is 0.333. The Kier molecular flexibility index (Phi) is 4.10. The summed E-state index contributed by atoms with van der Waals surface area (Å²) in [6.07, 6.45) is 3.35. The number of benzene rings is 1. The molecular weight excluding hydrogens is 288 g/mol. The van der Waals surface area contributed by atoms with Gasteiger partial charge in [0.25, 0.3) is 0 Å². The van der Waals surface area contributed by atoms with Crippen LogP contribution in [0.4, 0.5) is 4.79 Å². The van der Waals surface area contributed by atoms with Crippen molar-refractivity contribution in [3.8, 4) is 0 Å². The fourth-order valence-electron chi connectivity index (χ4n) is 2.48. The Labute approximate surface area is 128 Å². The van der Waals surface area contributed by atoms with E-state index in [9.17, 15) is 4.79 Å². The second-order valence-corrected chi connectivity index (χ2v) is 5.54. The van der Waals surface area contributed by atoms with Crippen LogP contribution in [0.5, 0.6) is 0 Å². The van der Waals surface area contributed by atoms with Gasteiger partial charge in [0, 0.05) is 43.2 Å². The van der Waals surface area contributed by atoms with Crippen molar-refractivity contribution in [2.45, 2.75) is 19.4 Å². The number of amides is 2. The third kappa shape index (κ3) is 3.36. The lowest BCUT2D eigenvalue weighted by atomic mass is 10.2. The van der Waals surface area contributed by atoms with Crippen LogP contribution in [0.2, 0.25) is 5.02 Å². The first-order valence-corrected chi connectivity index (χ1v) is 7.38. The number of halogens is 1. The van der Waals surface area contributed by atoms with Gasteiger partial charge in [-0.3, -0.25) is 0 Å². The maximum absolute atomic E-state index is 12.2. The number of carbonyl (C=O) groups excluding carboxylic acids is 1. The number of aromatic amines is 1. The average Bonchev–Trinajstić information content (AvgIpc) is 2.85. The molecule has 0 spiro atoms. The molecule has 3 rings (SSSR count). The first kappa shape index (κ1) is 13.9. The molecule has 2 amide bonds. The predicted molar refractivity (Wildman–Crippen MR) is 81.3 cm³/mol. The summed E-state index contributed by atoms with van der Waals surface area (Å²) in [6.45, 7) is 1.92. The average molecular weight is 305 g/mol. The number of fused-ring (bicyclic) bond motifs is 1. The van der Waals surface area contributed by atoms with Gasteiger partial charge in [-0.1, -0.05) is 23.7 Å². The smallest absolute Gasteiger partial charge is 0.317 e. The Morgan fingerprint density at radius 3 is 2.86 bits per heavy atom. The number of nitrogens with one attached hydrogen (secondary N) is 2. The van der Waals surface area contributed by atoms with E-state index in [1.54, 1.807) is 6.33 Å². The lowest BCUT2D eigenvalue weighted by Gasteiger charge is -2.20. The Morgan fingerprint density at radius 2 is 2.05 bits per heavy atom. The highest BCUT2D eigenvalue weighted by atomic mass is 35.5. The minimum atomic E-state index is -0.0323. The van der Waals surface area contributed by atoms with Crippen LogP contribution in [0, 0.1) is 0 Å². The van der Waals surface area contributed by atoms with E-state index in [1.165, 1.54) is 0 Å². The van der Waals surface area contributed by atoms with Crippen molar-refractivity contribution in [3.63, 3.8) is 0 Å². The number of aromatic nitrogens is 2. The van der Waals surface area contributed by atoms with Gasteiger partial charge < -0.3 is 15.2 Å². The highest BCUT2D eigenvalue weighted by Gasteiger charge is 2.19. The maximum atomic E-state index is 12.2. The van der Waals surface area contributed by atoms with Crippen LogP contribution in [0.1, 0.15) is 17.0 Å². The summed E-state index contributed by atoms with van der Waals surface area (Å²) >= 11 is 5.84. The second-order valence-electron chi connectivity index (χ2n) is 5.10. The van der Waals surface area contributed by atoms with Crippen LogP contribution in [0.3, 0.4) is 0 Å². The summed E-state index contributed by atoms with van der Waals surface area (Å²) in [6, 6.07) is 7.45. The minimum absolute atomic E-state index is 0.0323. The van der Waals surface area contributed by atoms with E-state index in [4.69, 9.17) is 11.6 Å². The lowest BCUT2D eigenvalue weighted by Crippen LogP contribution is -2.41. The summed E-state index contributed by atoms with van der Waals surface area (Å²) in [5.41, 5.74) is 3.25. The van der Waals surface area contributed by atoms with Crippen LogP contribution < -0.4 is 5.32 Å². The summed E-state index contributed by atoms with van der Waals surface area (Å²) in [5.74, 6) is 0. The Morgan fingerprint density at radius 1 is 1.29 bits per heavy atom. The first-order valence-electron chi connectivity index (χ1n) is 7.01. The first-order chi connectivity index (χ1) is 10.2. The fourth-order valence-corrected chi connectivity index (χ4v) is 2.60. The number of hydrogen-bond acceptors (Lipinski definition) is 2. The molecule has 1 aliphatic heterocycles. The summed E-state index contributed by atoms with van der Waals surface area (Å²) in [5, 5.41) is 3.65. The van der Waals surface area contributed by atoms with Gasteiger partial charge >= 0.3 is 6.03 Å². The molecule has 1 aromatic heterocycles. The molecule has 0 atom stereocenters. The molecule has 0 radical (unpaired) electrons. The van der Waals surface area contributed by atoms with E-state index in [-0.39, 0.29) is 6.03 Å². The van der Waals surface area contributed by atoms with Crippen molar-refractivity contribution in [2.75, 3.05) is 13.1 Å². The van der Waals surface area contributed by atoms with E-state index in [0.29, 0.717) is 24.7 Å². The van der Waals surface area contributed by atoms with E-state index < -0.39 is 0 Å². The van der Waals surface area contributed by atoms with Crippen molar-refractivity contribution in [3.05, 3.63) is 52.6 Å². The molecule has 110 valence electrons. The Bertz CT molecular complexity index is 600. The summed E-state index contributed by atoms with van der Waals surface area (Å²) in [7, 11) is 0. The molecule has 21 heavy (non-hydrogen) atoms. The van der Waals surface area contributed by atoms with Crippen molar-refractivity contribution in [1.82, 2.24) is 20.2 Å². The number of carbonyl (C=O) groups is 1. The molecule has 2 N–H and O–H groups in total. The minimum Gasteiger partial charge on any atom is -0.348 e. The zero-order valence-electron chi connectivity index (χ0n) is 11.6. The zero-order valence-corrected chi connectivity index (χ0v) is 12.4. The molecule has 6 heteroatoms. The van der Waals surface area contributed by atoms with Gasteiger partial charge in [0.1, 0.15) is 0 Å². The molecule has 0 aliphatic carbocycles. The Balaban J connectivity index is 1.54. The van der Waals surface area contributed by atoms with E-state index >= 15 is 0 Å². The number of nitrogens with zero attached hydrogens (tertiary/aromatic N) is 2. The van der Waals surface area contributed by atoms with Crippen LogP contribution >= 0.6 is 11.6 Å². The van der Waals surface area contributed by atoms with Crippen molar-refractivity contribution >= 4 is 17.6 Å². The van der Waals surface area contributed by atoms with Crippen LogP contribution in [-0.2, 0) is 19.4 Å². The summed E-state index contributed by atoms with van der Waals surface area (Å²) in [4.78, 5) is 21.5. The largest absolute Gasteiger partial charge is 0.348 e. The third-order valence-corrected chi connectivity index (χ3v) is 3.95. The van der Waals surface area contributed by atoms with Crippen LogP contribution in [0.15, 0.2) is 30.6 Å². The van der Waals surface area contributed by atoms with Gasteiger partial charge in [-0.05, 0) is 17.7 Å². The molecule has 0 saturated heterocycles. The molecule has 0 fully saturated rings. The molecule has 0 unspecified atom stereocenters. The number of imidazole rings is 1. The molecule has 2 aromatic rings. The van der Waals surface area contributed by atoms with Crippen LogP contribution in [0.25, 0.3) is 0 Å². The predicted octanol–water partition coefficient (Wildman–Crippen LogP) is 2.37. The van der Waals surface area contributed by atoms with Gasteiger partial charge in [-0.15, -0.1) is 0 Å². The number of urea groups is 1.